The summed E-state index contributed by atoms with van der Waals surface area (Å²) >= 11 is 0. The molecule has 0 saturated heterocycles. The van der Waals surface area contributed by atoms with Crippen molar-refractivity contribution in [2.24, 2.45) is 11.0 Å². The Balaban J connectivity index is 1.37. The fraction of sp³-hybridized carbons (Fsp3) is 0.212. The van der Waals surface area contributed by atoms with Gasteiger partial charge in [0.1, 0.15) is 11.6 Å². The van der Waals surface area contributed by atoms with Crippen LogP contribution in [-0.4, -0.2) is 27.9 Å². The quantitative estimate of drug-likeness (QED) is 0.260. The number of aliphatic hydroxyl groups excluding tert-OH is 1. The molecule has 0 radical (unpaired) electrons. The van der Waals surface area contributed by atoms with Gasteiger partial charge < -0.3 is 10.2 Å². The number of carboxylic acids is 1. The number of hydrogen-bond acceptors (Lipinski definition) is 4. The zero-order valence-corrected chi connectivity index (χ0v) is 22.3. The van der Waals surface area contributed by atoms with Crippen LogP contribution in [-0.2, 0) is 17.8 Å². The molecule has 1 aliphatic heterocycles. The van der Waals surface area contributed by atoms with Gasteiger partial charge in [0.15, 0.2) is 0 Å². The summed E-state index contributed by atoms with van der Waals surface area (Å²) in [5.41, 5.74) is 7.35. The highest BCUT2D eigenvalue weighted by atomic mass is 19.1. The fourth-order valence-corrected chi connectivity index (χ4v) is 5.25. The maximum Gasteiger partial charge on any atom is 0.305 e. The van der Waals surface area contributed by atoms with Crippen LogP contribution in [0.4, 0.5) is 14.5 Å². The van der Waals surface area contributed by atoms with Crippen LogP contribution in [0.5, 0.6) is 0 Å². The summed E-state index contributed by atoms with van der Waals surface area (Å²) in [7, 11) is 0. The largest absolute Gasteiger partial charge is 0.481 e. The Labute approximate surface area is 232 Å². The topological polar surface area (TPSA) is 73.1 Å². The number of nitrogens with zero attached hydrogens (tertiary/aromatic N) is 2. The van der Waals surface area contributed by atoms with Crippen LogP contribution in [0.1, 0.15) is 41.2 Å². The minimum Gasteiger partial charge on any atom is -0.481 e. The zero-order valence-electron chi connectivity index (χ0n) is 22.3. The lowest BCUT2D eigenvalue weighted by Crippen LogP contribution is -2.34. The maximum absolute atomic E-state index is 14.5. The molecule has 0 fully saturated rings. The van der Waals surface area contributed by atoms with Crippen molar-refractivity contribution in [2.75, 3.05) is 5.01 Å². The Morgan fingerprint density at radius 1 is 0.900 bits per heavy atom. The van der Waals surface area contributed by atoms with E-state index < -0.39 is 5.97 Å². The lowest BCUT2D eigenvalue weighted by atomic mass is 9.91. The zero-order chi connectivity index (χ0) is 28.4. The predicted molar refractivity (Wildman–Crippen MR) is 152 cm³/mol. The van der Waals surface area contributed by atoms with Crippen LogP contribution in [0, 0.1) is 24.5 Å². The first-order valence-corrected chi connectivity index (χ1v) is 13.2. The van der Waals surface area contributed by atoms with E-state index in [1.807, 2.05) is 56.3 Å². The summed E-state index contributed by atoms with van der Waals surface area (Å²) in [6.07, 6.45) is 0.592. The molecular formula is C33H30F2N2O3. The van der Waals surface area contributed by atoms with Gasteiger partial charge in [0.25, 0.3) is 0 Å². The molecule has 204 valence electrons. The van der Waals surface area contributed by atoms with Gasteiger partial charge in [0.2, 0.25) is 0 Å². The Morgan fingerprint density at radius 3 is 2.23 bits per heavy atom. The van der Waals surface area contributed by atoms with E-state index in [2.05, 4.69) is 0 Å². The molecule has 5 nitrogen and oxygen atoms in total. The molecule has 4 aromatic carbocycles. The molecule has 1 aliphatic rings. The third-order valence-electron chi connectivity index (χ3n) is 7.52. The molecule has 0 saturated carbocycles. The van der Waals surface area contributed by atoms with E-state index in [0.29, 0.717) is 17.5 Å². The van der Waals surface area contributed by atoms with Crippen molar-refractivity contribution in [2.45, 2.75) is 39.3 Å². The van der Waals surface area contributed by atoms with Crippen molar-refractivity contribution < 1.29 is 23.8 Å². The van der Waals surface area contributed by atoms with Crippen molar-refractivity contribution in [3.05, 3.63) is 124 Å². The number of aliphatic carboxylic acids is 1. The number of carbonyl (C=O) groups is 1. The van der Waals surface area contributed by atoms with Crippen LogP contribution in [0.3, 0.4) is 0 Å². The first-order chi connectivity index (χ1) is 19.2. The fourth-order valence-electron chi connectivity index (χ4n) is 5.25. The average Bonchev–Trinajstić information content (AvgIpc) is 3.26. The molecule has 2 N–H and O–H groups in total. The van der Waals surface area contributed by atoms with Crippen LogP contribution in [0.15, 0.2) is 90.0 Å². The highest BCUT2D eigenvalue weighted by molar-refractivity contribution is 6.05. The van der Waals surface area contributed by atoms with Crippen LogP contribution in [0.2, 0.25) is 0 Å². The van der Waals surface area contributed by atoms with Crippen LogP contribution >= 0.6 is 0 Å². The van der Waals surface area contributed by atoms with Crippen molar-refractivity contribution in [3.8, 4) is 11.1 Å². The Hall–Kier alpha value is -4.36. The summed E-state index contributed by atoms with van der Waals surface area (Å²) in [6, 6.07) is 24.1. The van der Waals surface area contributed by atoms with Gasteiger partial charge in [0.05, 0.1) is 30.5 Å². The minimum atomic E-state index is -0.907. The summed E-state index contributed by atoms with van der Waals surface area (Å²) in [6.45, 7) is 3.80. The van der Waals surface area contributed by atoms with Gasteiger partial charge in [-0.1, -0.05) is 55.5 Å². The van der Waals surface area contributed by atoms with Gasteiger partial charge in [-0.2, -0.15) is 5.10 Å². The van der Waals surface area contributed by atoms with Gasteiger partial charge in [-0.3, -0.25) is 9.80 Å². The first-order valence-electron chi connectivity index (χ1n) is 13.2. The van der Waals surface area contributed by atoms with Crippen molar-refractivity contribution >= 4 is 17.4 Å². The smallest absolute Gasteiger partial charge is 0.305 e. The van der Waals surface area contributed by atoms with Crippen molar-refractivity contribution in [1.29, 1.82) is 0 Å². The molecule has 40 heavy (non-hydrogen) atoms. The average molecular weight is 541 g/mol. The number of aryl methyl sites for hydroxylation is 1. The second-order valence-corrected chi connectivity index (χ2v) is 10.2. The molecule has 4 aromatic rings. The van der Waals surface area contributed by atoms with E-state index in [1.54, 1.807) is 29.3 Å². The molecule has 1 heterocycles. The summed E-state index contributed by atoms with van der Waals surface area (Å²) in [5.74, 6) is -1.73. The molecule has 2 atom stereocenters. The number of hydrazone groups is 1. The number of aliphatic hydroxyl groups is 1. The summed E-state index contributed by atoms with van der Waals surface area (Å²) < 4.78 is 27.9. The molecule has 0 unspecified atom stereocenters. The lowest BCUT2D eigenvalue weighted by molar-refractivity contribution is -0.137. The molecule has 0 bridgehead atoms. The first kappa shape index (κ1) is 27.2. The monoisotopic (exact) mass is 540 g/mol. The number of hydrogen-bond donors (Lipinski definition) is 2. The molecule has 0 aliphatic carbocycles. The van der Waals surface area contributed by atoms with Crippen molar-refractivity contribution in [1.82, 2.24) is 0 Å². The van der Waals surface area contributed by atoms with Gasteiger partial charge in [-0.05, 0) is 83.1 Å². The van der Waals surface area contributed by atoms with E-state index in [4.69, 9.17) is 5.10 Å². The lowest BCUT2D eigenvalue weighted by Gasteiger charge is -2.25. The van der Waals surface area contributed by atoms with Gasteiger partial charge in [0, 0.05) is 11.5 Å². The van der Waals surface area contributed by atoms with Crippen molar-refractivity contribution in [3.63, 3.8) is 0 Å². The van der Waals surface area contributed by atoms with Gasteiger partial charge in [-0.15, -0.1) is 0 Å². The second kappa shape index (κ2) is 11.4. The maximum atomic E-state index is 14.5. The van der Waals surface area contributed by atoms with E-state index in [-0.39, 0.29) is 36.6 Å². The third-order valence-corrected chi connectivity index (χ3v) is 7.52. The SMILES string of the molecule is Cc1cc(-c2cc(CO)ccc2F)ccc1Cc1ccc(N2N=C(c3ccc(F)cc3)[C@@H](C)[C@@H]2CC(=O)O)cc1. The highest BCUT2D eigenvalue weighted by Crippen LogP contribution is 2.33. The Kier molecular flexibility index (Phi) is 7.76. The van der Waals surface area contributed by atoms with E-state index >= 15 is 0 Å². The molecule has 7 heteroatoms. The minimum absolute atomic E-state index is 0.0789. The Morgan fingerprint density at radius 2 is 1.57 bits per heavy atom. The summed E-state index contributed by atoms with van der Waals surface area (Å²) in [4.78, 5) is 11.7. The molecule has 0 spiro atoms. The van der Waals surface area contributed by atoms with Gasteiger partial charge in [-0.25, -0.2) is 8.78 Å². The highest BCUT2D eigenvalue weighted by Gasteiger charge is 2.37. The Bertz CT molecular complexity index is 1570. The van der Waals surface area contributed by atoms with Crippen LogP contribution in [0.25, 0.3) is 11.1 Å². The molecule has 0 aromatic heterocycles. The number of halogens is 2. The number of anilines is 1. The van der Waals surface area contributed by atoms with E-state index in [1.165, 1.54) is 18.2 Å². The third kappa shape index (κ3) is 5.65. The van der Waals surface area contributed by atoms with E-state index in [0.717, 1.165) is 39.2 Å². The molecular weight excluding hydrogens is 510 g/mol. The second-order valence-electron chi connectivity index (χ2n) is 10.2. The number of rotatable bonds is 8. The number of carboxylic acid groups (broad SMARTS) is 1. The standard InChI is InChI=1S/C33H30F2N2O3/c1-20-15-26(29-17-23(19-38)5-14-30(29)35)7-6-25(20)16-22-3-12-28(13-4-22)37-31(18-32(39)40)21(2)33(36-37)24-8-10-27(34)11-9-24/h3-15,17,21,31,38H,16,18-19H2,1-2H3,(H,39,40)/t21-,31-/m0/s1. The summed E-state index contributed by atoms with van der Waals surface area (Å²) in [5, 5.41) is 25.5. The van der Waals surface area contributed by atoms with Gasteiger partial charge >= 0.3 is 5.97 Å². The molecule has 0 amide bonds. The normalized spacial score (nSPS) is 16.7. The molecule has 5 rings (SSSR count). The predicted octanol–water partition coefficient (Wildman–Crippen LogP) is 6.73. The van der Waals surface area contributed by atoms with E-state index in [9.17, 15) is 23.8 Å². The van der Waals surface area contributed by atoms with Crippen LogP contribution < -0.4 is 5.01 Å². The number of benzene rings is 4.